The van der Waals surface area contributed by atoms with Crippen LogP contribution in [-0.2, 0) is 52.7 Å². The van der Waals surface area contributed by atoms with Crippen LogP contribution in [0.3, 0.4) is 0 Å². The molecular formula is C67H113F4N11O11. The Morgan fingerprint density at radius 2 is 1.15 bits per heavy atom. The highest BCUT2D eigenvalue weighted by Gasteiger charge is 2.49. The summed E-state index contributed by atoms with van der Waals surface area (Å²) in [5.41, 5.74) is -1.70. The summed E-state index contributed by atoms with van der Waals surface area (Å²) in [4.78, 5) is 170. The van der Waals surface area contributed by atoms with Crippen molar-refractivity contribution in [3.8, 4) is 0 Å². The number of rotatable bonds is 13. The molecule has 26 heteroatoms. The van der Waals surface area contributed by atoms with E-state index in [1.165, 1.54) is 87.6 Å². The second kappa shape index (κ2) is 34.5. The molecule has 2 heterocycles. The Morgan fingerprint density at radius 1 is 0.570 bits per heavy atom. The summed E-state index contributed by atoms with van der Waals surface area (Å²) < 4.78 is 56.5. The van der Waals surface area contributed by atoms with Crippen LogP contribution in [0.4, 0.5) is 17.6 Å². The zero-order valence-corrected chi connectivity index (χ0v) is 58.9. The van der Waals surface area contributed by atoms with Gasteiger partial charge in [-0.3, -0.25) is 52.7 Å². The van der Waals surface area contributed by atoms with Crippen molar-refractivity contribution in [2.75, 3.05) is 55.4 Å². The van der Waals surface area contributed by atoms with E-state index in [1.54, 1.807) is 27.7 Å². The van der Waals surface area contributed by atoms with Gasteiger partial charge in [-0.1, -0.05) is 93.9 Å². The quantitative estimate of drug-likeness (QED) is 0.150. The SMILES string of the molecule is CC[C@H](C)[C@@H]1NC(=O)[C@H](CC(C)C)N(C)C(=O)C[C@@H](C)N(C)C(=O)[C@H](CC(C)C)NC(=O)C(C)(C)N(C)C(=O)[C@H](CC(C)C)NC(=O)[C@H](CCC2CCC(C(F)(F)F)C(F)C2)NC(=O)CN(C)C(=O)[C@H](CC2CCCCC2)N(C)C(=O)[C@@H]2CCN2C(=O)[C@H](C)N(C)C1=O. The van der Waals surface area contributed by atoms with Gasteiger partial charge in [-0.2, -0.15) is 13.2 Å². The van der Waals surface area contributed by atoms with Gasteiger partial charge in [0.15, 0.2) is 0 Å². The van der Waals surface area contributed by atoms with Crippen molar-refractivity contribution in [2.45, 2.75) is 265 Å². The molecule has 0 bridgehead atoms. The van der Waals surface area contributed by atoms with E-state index in [1.807, 2.05) is 34.6 Å². The highest BCUT2D eigenvalue weighted by atomic mass is 19.4. The summed E-state index contributed by atoms with van der Waals surface area (Å²) in [5, 5.41) is 11.2. The van der Waals surface area contributed by atoms with Crippen molar-refractivity contribution in [3.63, 3.8) is 0 Å². The molecule has 4 fully saturated rings. The first-order chi connectivity index (χ1) is 43.2. The van der Waals surface area contributed by atoms with Gasteiger partial charge < -0.3 is 55.6 Å². The average molecular weight is 1320 g/mol. The molecule has 2 saturated heterocycles. The number of likely N-dealkylation sites (N-methyl/N-ethyl adjacent to an activating group) is 6. The van der Waals surface area contributed by atoms with E-state index in [-0.39, 0.29) is 88.0 Å². The van der Waals surface area contributed by atoms with Crippen molar-refractivity contribution < 1.29 is 70.3 Å². The maximum atomic E-state index is 15.2. The van der Waals surface area contributed by atoms with E-state index in [0.29, 0.717) is 6.42 Å². The molecule has 0 spiro atoms. The molecule has 0 radical (unpaired) electrons. The Morgan fingerprint density at radius 3 is 1.68 bits per heavy atom. The lowest BCUT2D eigenvalue weighted by Gasteiger charge is -2.45. The van der Waals surface area contributed by atoms with Gasteiger partial charge in [0.2, 0.25) is 65.0 Å². The maximum absolute atomic E-state index is 15.2. The molecule has 22 nitrogen and oxygen atoms in total. The van der Waals surface area contributed by atoms with E-state index < -0.39 is 174 Å². The molecule has 3 unspecified atom stereocenters. The minimum atomic E-state index is -4.75. The third-order valence-electron chi connectivity index (χ3n) is 20.3. The van der Waals surface area contributed by atoms with Crippen molar-refractivity contribution in [1.29, 1.82) is 0 Å². The number of nitrogens with zero attached hydrogens (tertiary/aromatic N) is 7. The van der Waals surface area contributed by atoms with Crippen LogP contribution < -0.4 is 21.3 Å². The second-order valence-corrected chi connectivity index (χ2v) is 29.2. The van der Waals surface area contributed by atoms with Gasteiger partial charge in [-0.15, -0.1) is 0 Å². The van der Waals surface area contributed by atoms with Gasteiger partial charge in [0.1, 0.15) is 60.0 Å². The molecule has 2 aliphatic heterocycles. The Balaban J connectivity index is 1.83. The third kappa shape index (κ3) is 21.2. The number of carbonyl (C=O) groups is 11. The molecule has 13 atom stereocenters. The highest BCUT2D eigenvalue weighted by Crippen LogP contribution is 2.43. The lowest BCUT2D eigenvalue weighted by molar-refractivity contribution is -0.201. The smallest absolute Gasteiger partial charge is 0.343 e. The first-order valence-corrected chi connectivity index (χ1v) is 34.0. The van der Waals surface area contributed by atoms with Crippen molar-refractivity contribution in [3.05, 3.63) is 0 Å². The van der Waals surface area contributed by atoms with Crippen LogP contribution in [0.25, 0.3) is 0 Å². The lowest BCUT2D eigenvalue weighted by atomic mass is 9.78. The van der Waals surface area contributed by atoms with Crippen molar-refractivity contribution >= 4 is 65.0 Å². The molecule has 4 rings (SSSR count). The predicted octanol–water partition coefficient (Wildman–Crippen LogP) is 6.23. The molecule has 4 N–H and O–H groups in total. The van der Waals surface area contributed by atoms with Crippen LogP contribution >= 0.6 is 0 Å². The molecule has 0 aromatic rings. The standard InChI is InChI=1S/C67H113F4N11O11/c1-19-41(8)56-64(92)78(15)43(10)59(87)82-30-29-51(82)63(91)80(17)53(36-44-23-21-20-22-24-44)62(90)76(13)37-54(83)72-48(28-26-45-25-27-46(47(68)35-45)67(69,70)71)57(85)73-50(32-39(4)5)61(89)81(18)66(11,12)65(93)74-49(31-38(2)3)60(88)77(14)42(9)34-55(84)79(16)52(33-40(6)7)58(86)75-56/h38-53,56H,19-37H2,1-18H3,(H,72,83)(H,73,85)(H,74,93)(H,75,86)/t41-,42+,43-,45?,46?,47?,48-,49-,50-,51-,52-,53-,56-/m0/s1. The number of carbonyl (C=O) groups excluding carboxylic acids is 11. The van der Waals surface area contributed by atoms with Crippen molar-refractivity contribution in [1.82, 2.24) is 55.6 Å². The fraction of sp³-hybridized carbons (Fsp3) is 0.836. The first-order valence-electron chi connectivity index (χ1n) is 34.0. The lowest BCUT2D eigenvalue weighted by Crippen LogP contribution is -2.65. The monoisotopic (exact) mass is 1320 g/mol. The van der Waals surface area contributed by atoms with Crippen LogP contribution in [0.1, 0.15) is 192 Å². The molecule has 0 aromatic heterocycles. The number of hydrogen-bond acceptors (Lipinski definition) is 11. The minimum Gasteiger partial charge on any atom is -0.343 e. The van der Waals surface area contributed by atoms with Gasteiger partial charge in [-0.25, -0.2) is 4.39 Å². The maximum Gasteiger partial charge on any atom is 0.394 e. The van der Waals surface area contributed by atoms with Gasteiger partial charge in [0.25, 0.3) is 0 Å². The molecule has 2 saturated carbocycles. The van der Waals surface area contributed by atoms with Crippen molar-refractivity contribution in [2.24, 2.45) is 41.4 Å². The Hall–Kier alpha value is -6.11. The minimum absolute atomic E-state index is 0.00358. The Labute approximate surface area is 550 Å². The average Bonchev–Trinajstić information content (AvgIpc) is 0.810. The van der Waals surface area contributed by atoms with Gasteiger partial charge >= 0.3 is 6.18 Å². The largest absolute Gasteiger partial charge is 0.394 e. The fourth-order valence-electron chi connectivity index (χ4n) is 13.2. The summed E-state index contributed by atoms with van der Waals surface area (Å²) in [6.07, 6.45) is -2.67. The first kappa shape index (κ1) is 79.3. The Kier molecular flexibility index (Phi) is 29.5. The second-order valence-electron chi connectivity index (χ2n) is 29.2. The van der Waals surface area contributed by atoms with Crippen LogP contribution in [0, 0.1) is 41.4 Å². The molecule has 0 aromatic carbocycles. The molecule has 11 amide bonds. The number of halogens is 4. The van der Waals surface area contributed by atoms with Gasteiger partial charge in [-0.05, 0) is 127 Å². The number of amides is 11. The van der Waals surface area contributed by atoms with Gasteiger partial charge in [0, 0.05) is 61.3 Å². The predicted molar refractivity (Wildman–Crippen MR) is 345 cm³/mol. The summed E-state index contributed by atoms with van der Waals surface area (Å²) in [6, 6.07) is -10.2. The summed E-state index contributed by atoms with van der Waals surface area (Å²) in [5.74, 6) is -10.8. The molecule has 2 aliphatic carbocycles. The van der Waals surface area contributed by atoms with Crippen LogP contribution in [-0.4, -0.2) is 227 Å². The topological polar surface area (TPSA) is 259 Å². The summed E-state index contributed by atoms with van der Waals surface area (Å²) in [6.45, 7) is 20.3. The third-order valence-corrected chi connectivity index (χ3v) is 20.3. The normalized spacial score (nSPS) is 30.1. The number of hydrogen-bond donors (Lipinski definition) is 4. The number of alkyl halides is 4. The zero-order chi connectivity index (χ0) is 70.5. The summed E-state index contributed by atoms with van der Waals surface area (Å²) in [7, 11) is 8.63. The molecule has 530 valence electrons. The van der Waals surface area contributed by atoms with Crippen LogP contribution in [0.15, 0.2) is 0 Å². The summed E-state index contributed by atoms with van der Waals surface area (Å²) >= 11 is 0. The van der Waals surface area contributed by atoms with E-state index in [9.17, 15) is 65.9 Å². The number of nitrogens with one attached hydrogen (secondary N) is 4. The molecular weight excluding hydrogens is 1210 g/mol. The molecule has 93 heavy (non-hydrogen) atoms. The van der Waals surface area contributed by atoms with Gasteiger partial charge in [0.05, 0.1) is 12.5 Å². The van der Waals surface area contributed by atoms with E-state index >= 15 is 4.39 Å². The fourth-order valence-corrected chi connectivity index (χ4v) is 13.2. The number of fused-ring (bicyclic) bond motifs is 1. The van der Waals surface area contributed by atoms with Crippen LogP contribution in [0.2, 0.25) is 0 Å². The Bertz CT molecular complexity index is 2620. The van der Waals surface area contributed by atoms with E-state index in [0.717, 1.165) is 41.9 Å². The molecule has 4 aliphatic rings. The van der Waals surface area contributed by atoms with E-state index in [2.05, 4.69) is 21.3 Å². The van der Waals surface area contributed by atoms with E-state index in [4.69, 9.17) is 0 Å². The van der Waals surface area contributed by atoms with Crippen LogP contribution in [0.5, 0.6) is 0 Å². The zero-order valence-electron chi connectivity index (χ0n) is 58.9. The highest BCUT2D eigenvalue weighted by molar-refractivity contribution is 5.99.